The summed E-state index contributed by atoms with van der Waals surface area (Å²) < 4.78 is 0. The van der Waals surface area contributed by atoms with Gasteiger partial charge in [-0.3, -0.25) is 4.79 Å². The molecule has 0 unspecified atom stereocenters. The van der Waals surface area contributed by atoms with E-state index in [9.17, 15) is 4.79 Å². The highest BCUT2D eigenvalue weighted by atomic mass is 16.2. The Morgan fingerprint density at radius 3 is 2.19 bits per heavy atom. The van der Waals surface area contributed by atoms with E-state index in [0.29, 0.717) is 6.04 Å². The molecule has 1 saturated heterocycles. The number of carbonyl (C=O) groups is 1. The van der Waals surface area contributed by atoms with E-state index in [0.717, 1.165) is 55.5 Å². The van der Waals surface area contributed by atoms with E-state index in [4.69, 9.17) is 0 Å². The van der Waals surface area contributed by atoms with Crippen molar-refractivity contribution in [1.82, 2.24) is 10.2 Å². The highest BCUT2D eigenvalue weighted by Gasteiger charge is 2.32. The Morgan fingerprint density at radius 2 is 1.53 bits per heavy atom. The molecule has 3 aromatic rings. The average Bonchev–Trinajstić information content (AvgIpc) is 2.80. The van der Waals surface area contributed by atoms with Crippen molar-refractivity contribution in [1.29, 1.82) is 0 Å². The molecule has 0 aliphatic carbocycles. The summed E-state index contributed by atoms with van der Waals surface area (Å²) in [4.78, 5) is 15.6. The normalized spacial score (nSPS) is 18.5. The van der Waals surface area contributed by atoms with Crippen molar-refractivity contribution in [3.63, 3.8) is 0 Å². The van der Waals surface area contributed by atoms with Crippen LogP contribution >= 0.6 is 0 Å². The van der Waals surface area contributed by atoms with Gasteiger partial charge in [0.25, 0.3) is 5.91 Å². The van der Waals surface area contributed by atoms with Gasteiger partial charge in [0, 0.05) is 24.2 Å². The quantitative estimate of drug-likeness (QED) is 0.552. The van der Waals surface area contributed by atoms with Gasteiger partial charge in [-0.2, -0.15) is 0 Å². The second-order valence-corrected chi connectivity index (χ2v) is 9.13. The van der Waals surface area contributed by atoms with Crippen LogP contribution in [-0.2, 0) is 12.8 Å². The van der Waals surface area contributed by atoms with Crippen molar-refractivity contribution < 1.29 is 4.79 Å². The molecular weight excluding hydrogens is 392 g/mol. The Kier molecular flexibility index (Phi) is 7.39. The molecule has 0 saturated carbocycles. The summed E-state index contributed by atoms with van der Waals surface area (Å²) in [6.45, 7) is 5.90. The third kappa shape index (κ3) is 5.86. The highest BCUT2D eigenvalue weighted by molar-refractivity contribution is 5.95. The summed E-state index contributed by atoms with van der Waals surface area (Å²) in [7, 11) is 0. The molecule has 1 fully saturated rings. The lowest BCUT2D eigenvalue weighted by atomic mass is 9.91. The van der Waals surface area contributed by atoms with Gasteiger partial charge in [0.2, 0.25) is 0 Å². The fraction of sp³-hybridized carbons (Fsp3) is 0.345. The first-order chi connectivity index (χ1) is 15.6. The third-order valence-corrected chi connectivity index (χ3v) is 6.45. The van der Waals surface area contributed by atoms with Gasteiger partial charge in [0.1, 0.15) is 0 Å². The predicted octanol–water partition coefficient (Wildman–Crippen LogP) is 5.35. The van der Waals surface area contributed by atoms with Crippen molar-refractivity contribution in [3.8, 4) is 0 Å². The fourth-order valence-corrected chi connectivity index (χ4v) is 4.91. The molecule has 1 aliphatic heterocycles. The second-order valence-electron chi connectivity index (χ2n) is 9.13. The lowest BCUT2D eigenvalue weighted by molar-refractivity contribution is 0.0577. The van der Waals surface area contributed by atoms with E-state index in [2.05, 4.69) is 90.8 Å². The molecule has 4 rings (SSSR count). The summed E-state index contributed by atoms with van der Waals surface area (Å²) in [5.41, 5.74) is 5.76. The molecule has 1 aliphatic rings. The van der Waals surface area contributed by atoms with E-state index in [-0.39, 0.29) is 11.9 Å². The smallest absolute Gasteiger partial charge is 0.254 e. The van der Waals surface area contributed by atoms with Crippen LogP contribution in [0, 0.1) is 13.8 Å². The van der Waals surface area contributed by atoms with Gasteiger partial charge in [-0.1, -0.05) is 77.9 Å². The molecule has 0 radical (unpaired) electrons. The Morgan fingerprint density at radius 1 is 0.906 bits per heavy atom. The lowest BCUT2D eigenvalue weighted by Gasteiger charge is -2.40. The average molecular weight is 427 g/mol. The van der Waals surface area contributed by atoms with Gasteiger partial charge in [-0.15, -0.1) is 0 Å². The number of likely N-dealkylation sites (tertiary alicyclic amines) is 1. The van der Waals surface area contributed by atoms with Crippen molar-refractivity contribution in [2.45, 2.75) is 51.6 Å². The van der Waals surface area contributed by atoms with Crippen LogP contribution in [0.4, 0.5) is 0 Å². The van der Waals surface area contributed by atoms with Gasteiger partial charge < -0.3 is 10.2 Å². The molecule has 3 aromatic carbocycles. The summed E-state index contributed by atoms with van der Waals surface area (Å²) in [6, 6.07) is 28.0. The molecule has 3 heteroatoms. The first kappa shape index (κ1) is 22.3. The number of amides is 1. The van der Waals surface area contributed by atoms with E-state index in [1.807, 2.05) is 12.1 Å². The Hall–Kier alpha value is -2.91. The Labute approximate surface area is 192 Å². The van der Waals surface area contributed by atoms with Crippen LogP contribution in [-0.4, -0.2) is 36.0 Å². The van der Waals surface area contributed by atoms with Crippen LogP contribution in [0.2, 0.25) is 0 Å². The van der Waals surface area contributed by atoms with Crippen LogP contribution in [0.3, 0.4) is 0 Å². The van der Waals surface area contributed by atoms with Crippen molar-refractivity contribution >= 4 is 5.91 Å². The summed E-state index contributed by atoms with van der Waals surface area (Å²) >= 11 is 0. The number of rotatable bonds is 7. The van der Waals surface area contributed by atoms with Gasteiger partial charge in [0.15, 0.2) is 0 Å². The molecule has 1 N–H and O–H groups in total. The Balaban J connectivity index is 1.45. The molecular formula is C29H34N2O. The van der Waals surface area contributed by atoms with Crippen molar-refractivity contribution in [3.05, 3.63) is 107 Å². The number of aryl methyl sites for hydroxylation is 2. The van der Waals surface area contributed by atoms with Crippen LogP contribution in [0.15, 0.2) is 78.9 Å². The number of hydrogen-bond donors (Lipinski definition) is 1. The largest absolute Gasteiger partial charge is 0.335 e. The maximum atomic E-state index is 13.5. The van der Waals surface area contributed by atoms with Crippen molar-refractivity contribution in [2.75, 3.05) is 13.1 Å². The minimum Gasteiger partial charge on any atom is -0.335 e. The standard InChI is InChI=1S/C29H34N2O/c1-22-17-23(2)19-26(18-22)29(32)31-16-14-27(30-15-13-24-9-5-3-6-10-24)21-28(31)20-25-11-7-4-8-12-25/h3-12,17-19,27-28,30H,13-16,20-21H2,1-2H3/t27-,28+/m0/s1. The molecule has 1 heterocycles. The maximum absolute atomic E-state index is 13.5. The fourth-order valence-electron chi connectivity index (χ4n) is 4.91. The molecule has 0 spiro atoms. The van der Waals surface area contributed by atoms with E-state index in [1.165, 1.54) is 11.1 Å². The third-order valence-electron chi connectivity index (χ3n) is 6.45. The summed E-state index contributed by atoms with van der Waals surface area (Å²) in [5, 5.41) is 3.77. The van der Waals surface area contributed by atoms with E-state index < -0.39 is 0 Å². The van der Waals surface area contributed by atoms with Crippen LogP contribution in [0.5, 0.6) is 0 Å². The van der Waals surface area contributed by atoms with Crippen LogP contribution in [0.1, 0.15) is 45.5 Å². The number of carbonyl (C=O) groups excluding carboxylic acids is 1. The monoisotopic (exact) mass is 426 g/mol. The maximum Gasteiger partial charge on any atom is 0.254 e. The molecule has 166 valence electrons. The van der Waals surface area contributed by atoms with Crippen LogP contribution < -0.4 is 5.32 Å². The molecule has 32 heavy (non-hydrogen) atoms. The zero-order chi connectivity index (χ0) is 22.3. The summed E-state index contributed by atoms with van der Waals surface area (Å²) in [6.07, 6.45) is 3.91. The zero-order valence-corrected chi connectivity index (χ0v) is 19.3. The first-order valence-corrected chi connectivity index (χ1v) is 11.8. The number of piperidine rings is 1. The van der Waals surface area contributed by atoms with E-state index in [1.54, 1.807) is 0 Å². The van der Waals surface area contributed by atoms with Crippen molar-refractivity contribution in [2.24, 2.45) is 0 Å². The van der Waals surface area contributed by atoms with Gasteiger partial charge in [0.05, 0.1) is 0 Å². The first-order valence-electron chi connectivity index (χ1n) is 11.8. The molecule has 0 bridgehead atoms. The number of nitrogens with one attached hydrogen (secondary N) is 1. The number of hydrogen-bond acceptors (Lipinski definition) is 2. The zero-order valence-electron chi connectivity index (χ0n) is 19.3. The molecule has 0 aromatic heterocycles. The SMILES string of the molecule is Cc1cc(C)cc(C(=O)N2CC[C@H](NCCc3ccccc3)C[C@H]2Cc2ccccc2)c1. The molecule has 1 amide bonds. The van der Waals surface area contributed by atoms with Crippen LogP contribution in [0.25, 0.3) is 0 Å². The predicted molar refractivity (Wildman–Crippen MR) is 132 cm³/mol. The van der Waals surface area contributed by atoms with Gasteiger partial charge in [-0.25, -0.2) is 0 Å². The summed E-state index contributed by atoms with van der Waals surface area (Å²) in [5.74, 6) is 0.167. The number of benzene rings is 3. The minimum absolute atomic E-state index is 0.167. The van der Waals surface area contributed by atoms with Gasteiger partial charge >= 0.3 is 0 Å². The highest BCUT2D eigenvalue weighted by Crippen LogP contribution is 2.24. The molecule has 3 nitrogen and oxygen atoms in total. The van der Waals surface area contributed by atoms with E-state index >= 15 is 0 Å². The minimum atomic E-state index is 0.167. The Bertz CT molecular complexity index is 996. The topological polar surface area (TPSA) is 32.3 Å². The number of nitrogens with zero attached hydrogens (tertiary/aromatic N) is 1. The lowest BCUT2D eigenvalue weighted by Crippen LogP contribution is -2.52. The molecule has 2 atom stereocenters. The second kappa shape index (κ2) is 10.6. The van der Waals surface area contributed by atoms with Gasteiger partial charge in [-0.05, 0) is 69.3 Å².